The number of likely N-dealkylation sites (tertiary alicyclic amines) is 1. The molecule has 108 valence electrons. The number of carboxylic acids is 1. The number of hydrogen-bond acceptors (Lipinski definition) is 4. The highest BCUT2D eigenvalue weighted by Gasteiger charge is 2.56. The van der Waals surface area contributed by atoms with E-state index in [4.69, 9.17) is 4.74 Å². The van der Waals surface area contributed by atoms with Crippen molar-refractivity contribution < 1.29 is 19.4 Å². The zero-order valence-corrected chi connectivity index (χ0v) is 11.6. The monoisotopic (exact) mass is 286 g/mol. The van der Waals surface area contributed by atoms with Crippen LogP contribution in [0.4, 0.5) is 0 Å². The first kappa shape index (κ1) is 13.4. The molecule has 1 saturated heterocycles. The molecule has 0 radical (unpaired) electrons. The third-order valence-electron chi connectivity index (χ3n) is 3.44. The van der Waals surface area contributed by atoms with Crippen molar-refractivity contribution in [3.63, 3.8) is 0 Å². The molecule has 0 aromatic heterocycles. The van der Waals surface area contributed by atoms with E-state index in [9.17, 15) is 14.7 Å². The molecule has 0 saturated carbocycles. The fourth-order valence-electron chi connectivity index (χ4n) is 2.47. The Morgan fingerprint density at radius 3 is 2.52 bits per heavy atom. The first-order valence-electron chi connectivity index (χ1n) is 6.54. The molecule has 1 fully saturated rings. The summed E-state index contributed by atoms with van der Waals surface area (Å²) in [5.74, 6) is -1.11. The molecule has 0 unspecified atom stereocenters. The minimum atomic E-state index is -1.14. The summed E-state index contributed by atoms with van der Waals surface area (Å²) < 4.78 is 5.67. The number of carbonyl (C=O) groups is 2. The molecule has 0 aliphatic carbocycles. The number of β-lactam (4-membered cyclic amide) rings is 1. The number of rotatable bonds is 3. The summed E-state index contributed by atoms with van der Waals surface area (Å²) in [6.07, 6.45) is -0.659. The van der Waals surface area contributed by atoms with E-state index >= 15 is 0 Å². The zero-order chi connectivity index (χ0) is 15.1. The smallest absolute Gasteiger partial charge is 0.352 e. The average molecular weight is 286 g/mol. The fourth-order valence-corrected chi connectivity index (χ4v) is 2.47. The Bertz CT molecular complexity index is 674. The van der Waals surface area contributed by atoms with Crippen LogP contribution >= 0.6 is 0 Å². The third-order valence-corrected chi connectivity index (χ3v) is 3.44. The van der Waals surface area contributed by atoms with Crippen LogP contribution in [-0.2, 0) is 14.3 Å². The van der Waals surface area contributed by atoms with Crippen molar-refractivity contribution in [2.75, 3.05) is 0 Å². The second-order valence-corrected chi connectivity index (χ2v) is 5.12. The predicted molar refractivity (Wildman–Crippen MR) is 74.5 cm³/mol. The van der Waals surface area contributed by atoms with E-state index in [0.717, 1.165) is 5.56 Å². The molecule has 2 heterocycles. The van der Waals surface area contributed by atoms with Crippen LogP contribution in [0.15, 0.2) is 46.6 Å². The Morgan fingerprint density at radius 2 is 1.95 bits per heavy atom. The Morgan fingerprint density at radius 1 is 1.29 bits per heavy atom. The van der Waals surface area contributed by atoms with E-state index in [1.54, 1.807) is 13.8 Å². The zero-order valence-electron chi connectivity index (χ0n) is 11.6. The molecule has 2 aliphatic rings. The van der Waals surface area contributed by atoms with E-state index in [1.165, 1.54) is 4.90 Å². The highest BCUT2D eigenvalue weighted by Crippen LogP contribution is 2.35. The number of nitrogens with zero attached hydrogens (tertiary/aromatic N) is 2. The maximum atomic E-state index is 12.1. The second-order valence-electron chi connectivity index (χ2n) is 5.12. The quantitative estimate of drug-likeness (QED) is 0.672. The molecule has 1 aromatic rings. The fraction of sp³-hybridized carbons (Fsp3) is 0.267. The van der Waals surface area contributed by atoms with Crippen LogP contribution in [0.3, 0.4) is 0 Å². The number of fused-ring (bicyclic) bond motifs is 1. The van der Waals surface area contributed by atoms with Gasteiger partial charge in [-0.25, -0.2) is 9.79 Å². The number of aliphatic carboxylic acids is 1. The van der Waals surface area contributed by atoms with Crippen molar-refractivity contribution in [1.29, 1.82) is 0 Å². The Labute approximate surface area is 121 Å². The van der Waals surface area contributed by atoms with Gasteiger partial charge >= 0.3 is 5.97 Å². The Kier molecular flexibility index (Phi) is 3.01. The standard InChI is InChI=1S/C15H14N2O4/c1-8(2)11(15(19)20)17-13(18)10-14(17)21-12(16-10)9-6-4-3-5-7-9/h3-7,10,14H,1-2H3,(H,19,20)/t10-,14-/m0/s1. The van der Waals surface area contributed by atoms with Gasteiger partial charge < -0.3 is 9.84 Å². The van der Waals surface area contributed by atoms with Crippen LogP contribution in [-0.4, -0.2) is 40.1 Å². The van der Waals surface area contributed by atoms with E-state index in [1.807, 2.05) is 30.3 Å². The number of amides is 1. The van der Waals surface area contributed by atoms with E-state index in [2.05, 4.69) is 4.99 Å². The molecule has 6 nitrogen and oxygen atoms in total. The lowest BCUT2D eigenvalue weighted by atomic mass is 10.0. The van der Waals surface area contributed by atoms with Gasteiger partial charge in [0.15, 0.2) is 6.04 Å². The molecular formula is C15H14N2O4. The van der Waals surface area contributed by atoms with Crippen molar-refractivity contribution in [3.8, 4) is 0 Å². The summed E-state index contributed by atoms with van der Waals surface area (Å²) in [5.41, 5.74) is 1.28. The second kappa shape index (κ2) is 4.73. The summed E-state index contributed by atoms with van der Waals surface area (Å²) >= 11 is 0. The van der Waals surface area contributed by atoms with Gasteiger partial charge in [-0.1, -0.05) is 18.2 Å². The van der Waals surface area contributed by atoms with Crippen molar-refractivity contribution in [2.45, 2.75) is 26.1 Å². The molecule has 21 heavy (non-hydrogen) atoms. The van der Waals surface area contributed by atoms with Crippen molar-refractivity contribution in [2.24, 2.45) is 4.99 Å². The molecule has 1 aromatic carbocycles. The van der Waals surface area contributed by atoms with Gasteiger partial charge in [-0.15, -0.1) is 0 Å². The van der Waals surface area contributed by atoms with Crippen molar-refractivity contribution >= 4 is 17.8 Å². The third kappa shape index (κ3) is 1.99. The van der Waals surface area contributed by atoms with Gasteiger partial charge in [0.1, 0.15) is 5.70 Å². The first-order chi connectivity index (χ1) is 10.0. The summed E-state index contributed by atoms with van der Waals surface area (Å²) in [4.78, 5) is 28.8. The van der Waals surface area contributed by atoms with Crippen LogP contribution in [0.5, 0.6) is 0 Å². The van der Waals surface area contributed by atoms with Crippen LogP contribution in [0, 0.1) is 0 Å². The number of aliphatic imine (C=N–C) groups is 1. The molecule has 0 spiro atoms. The highest BCUT2D eigenvalue weighted by atomic mass is 16.5. The van der Waals surface area contributed by atoms with Gasteiger partial charge in [-0.05, 0) is 31.6 Å². The van der Waals surface area contributed by atoms with Gasteiger partial charge in [0.05, 0.1) is 0 Å². The first-order valence-corrected chi connectivity index (χ1v) is 6.54. The molecule has 0 bridgehead atoms. The number of ether oxygens (including phenoxy) is 1. The molecule has 2 aliphatic heterocycles. The Balaban J connectivity index is 1.87. The molecule has 1 N–H and O–H groups in total. The van der Waals surface area contributed by atoms with Crippen molar-refractivity contribution in [1.82, 2.24) is 4.90 Å². The van der Waals surface area contributed by atoms with Gasteiger partial charge in [-0.3, -0.25) is 9.69 Å². The summed E-state index contributed by atoms with van der Waals surface area (Å²) in [6.45, 7) is 3.30. The molecule has 6 heteroatoms. The van der Waals surface area contributed by atoms with E-state index < -0.39 is 18.2 Å². The lowest BCUT2D eigenvalue weighted by molar-refractivity contribution is -0.162. The minimum Gasteiger partial charge on any atom is -0.477 e. The molecule has 1 amide bonds. The van der Waals surface area contributed by atoms with Gasteiger partial charge in [0.2, 0.25) is 12.1 Å². The largest absolute Gasteiger partial charge is 0.477 e. The van der Waals surface area contributed by atoms with Gasteiger partial charge in [0.25, 0.3) is 5.91 Å². The highest BCUT2D eigenvalue weighted by molar-refractivity contribution is 6.05. The van der Waals surface area contributed by atoms with Crippen LogP contribution in [0.1, 0.15) is 19.4 Å². The van der Waals surface area contributed by atoms with Crippen LogP contribution < -0.4 is 0 Å². The maximum absolute atomic E-state index is 12.1. The van der Waals surface area contributed by atoms with E-state index in [-0.39, 0.29) is 11.6 Å². The van der Waals surface area contributed by atoms with Gasteiger partial charge in [0, 0.05) is 5.56 Å². The number of carboxylic acid groups (broad SMARTS) is 1. The summed E-state index contributed by atoms with van der Waals surface area (Å²) in [7, 11) is 0. The number of allylic oxidation sites excluding steroid dienone is 1. The lowest BCUT2D eigenvalue weighted by Gasteiger charge is -2.40. The predicted octanol–water partition coefficient (Wildman–Crippen LogP) is 1.38. The lowest BCUT2D eigenvalue weighted by Crippen LogP contribution is -2.63. The van der Waals surface area contributed by atoms with Crippen LogP contribution in [0.25, 0.3) is 0 Å². The van der Waals surface area contributed by atoms with Crippen LogP contribution in [0.2, 0.25) is 0 Å². The maximum Gasteiger partial charge on any atom is 0.352 e. The number of hydrogen-bond donors (Lipinski definition) is 1. The molecular weight excluding hydrogens is 272 g/mol. The Hall–Kier alpha value is -2.63. The minimum absolute atomic E-state index is 0.0363. The summed E-state index contributed by atoms with van der Waals surface area (Å²) in [6, 6.07) is 8.58. The SMILES string of the molecule is CC(C)=C(C(=O)O)N1C(=O)[C@@H]2N=C(c3ccccc3)O[C@@H]21. The molecule has 3 rings (SSSR count). The normalized spacial score (nSPS) is 22.9. The number of carbonyl (C=O) groups excluding carboxylic acids is 1. The summed E-state index contributed by atoms with van der Waals surface area (Å²) in [5, 5.41) is 9.26. The van der Waals surface area contributed by atoms with Gasteiger partial charge in [-0.2, -0.15) is 0 Å². The average Bonchev–Trinajstić information content (AvgIpc) is 2.85. The number of benzene rings is 1. The topological polar surface area (TPSA) is 79.2 Å². The van der Waals surface area contributed by atoms with E-state index in [0.29, 0.717) is 11.5 Å². The molecule has 2 atom stereocenters. The van der Waals surface area contributed by atoms with Crippen molar-refractivity contribution in [3.05, 3.63) is 47.2 Å².